The topological polar surface area (TPSA) is 92.1 Å². The number of carbonyl (C=O) groups excluding carboxylic acids is 1. The Balaban J connectivity index is 1.79. The van der Waals surface area contributed by atoms with E-state index >= 15 is 0 Å². The van der Waals surface area contributed by atoms with Gasteiger partial charge in [-0.05, 0) is 44.0 Å². The predicted molar refractivity (Wildman–Crippen MR) is 118 cm³/mol. The lowest BCUT2D eigenvalue weighted by Gasteiger charge is -2.17. The molecule has 2 atom stereocenters. The van der Waals surface area contributed by atoms with Crippen molar-refractivity contribution in [3.8, 4) is 5.82 Å². The molecule has 2 aromatic heterocycles. The van der Waals surface area contributed by atoms with Crippen molar-refractivity contribution in [2.24, 2.45) is 0 Å². The van der Waals surface area contributed by atoms with Crippen LogP contribution >= 0.6 is 11.6 Å². The van der Waals surface area contributed by atoms with Gasteiger partial charge >= 0.3 is 0 Å². The van der Waals surface area contributed by atoms with Crippen LogP contribution in [-0.4, -0.2) is 38.2 Å². The molecule has 3 aromatic rings. The van der Waals surface area contributed by atoms with Crippen molar-refractivity contribution < 1.29 is 14.3 Å². The van der Waals surface area contributed by atoms with Gasteiger partial charge in [0.25, 0.3) is 5.91 Å². The summed E-state index contributed by atoms with van der Waals surface area (Å²) >= 11 is 5.82. The number of anilines is 1. The van der Waals surface area contributed by atoms with E-state index in [0.29, 0.717) is 22.9 Å². The number of aromatic nitrogens is 3. The van der Waals surface area contributed by atoms with Gasteiger partial charge in [0.15, 0.2) is 0 Å². The minimum Gasteiger partial charge on any atom is -0.394 e. The normalized spacial score (nSPS) is 13.0. The van der Waals surface area contributed by atoms with Crippen molar-refractivity contribution in [2.75, 3.05) is 11.9 Å². The molecule has 0 aliphatic heterocycles. The molecule has 3 N–H and O–H groups in total. The molecule has 2 unspecified atom stereocenters. The fourth-order valence-corrected chi connectivity index (χ4v) is 3.14. The number of benzene rings is 1. The summed E-state index contributed by atoms with van der Waals surface area (Å²) in [5.41, 5.74) is 1.75. The minimum atomic E-state index is -0.721. The largest absolute Gasteiger partial charge is 0.394 e. The molecule has 0 radical (unpaired) electrons. The molecule has 0 fully saturated rings. The van der Waals surface area contributed by atoms with Crippen LogP contribution in [0.25, 0.3) is 5.82 Å². The first-order valence-electron chi connectivity index (χ1n) is 9.97. The van der Waals surface area contributed by atoms with Gasteiger partial charge in [0.05, 0.1) is 23.2 Å². The molecular formula is C22H25ClFN5O2. The summed E-state index contributed by atoms with van der Waals surface area (Å²) < 4.78 is 15.2. The second-order valence-corrected chi connectivity index (χ2v) is 7.75. The first-order valence-corrected chi connectivity index (χ1v) is 10.3. The summed E-state index contributed by atoms with van der Waals surface area (Å²) in [6, 6.07) is 5.23. The standard InChI is InChI=1S/C22H25ClFN5O2/c1-4-14(3)26-22-25-10-13(2)20(28-22)29-8-7-16(11-29)21(31)27-19(12-30)15-5-6-18(24)17(23)9-15/h5-11,14,19,30H,4,12H2,1-3H3,(H,27,31)(H,25,26,28). The molecule has 9 heteroatoms. The molecular weight excluding hydrogens is 421 g/mol. The SMILES string of the molecule is CCC(C)Nc1ncc(C)c(-n2ccc(C(=O)NC(CO)c3ccc(F)c(Cl)c3)c2)n1. The number of rotatable bonds is 8. The first-order chi connectivity index (χ1) is 14.8. The Kier molecular flexibility index (Phi) is 7.25. The number of nitrogens with zero attached hydrogens (tertiary/aromatic N) is 3. The van der Waals surface area contributed by atoms with Crippen molar-refractivity contribution in [1.29, 1.82) is 0 Å². The minimum absolute atomic E-state index is 0.0719. The van der Waals surface area contributed by atoms with Gasteiger partial charge in [-0.2, -0.15) is 4.98 Å². The van der Waals surface area contributed by atoms with Crippen LogP contribution in [0.4, 0.5) is 10.3 Å². The van der Waals surface area contributed by atoms with Crippen LogP contribution in [-0.2, 0) is 0 Å². The number of halogens is 2. The predicted octanol–water partition coefficient (Wildman–Crippen LogP) is 4.04. The maximum absolute atomic E-state index is 13.4. The van der Waals surface area contributed by atoms with Crippen molar-refractivity contribution in [3.05, 3.63) is 70.4 Å². The van der Waals surface area contributed by atoms with Crippen molar-refractivity contribution in [3.63, 3.8) is 0 Å². The van der Waals surface area contributed by atoms with Gasteiger partial charge < -0.3 is 20.3 Å². The zero-order valence-electron chi connectivity index (χ0n) is 17.6. The summed E-state index contributed by atoms with van der Waals surface area (Å²) in [6.07, 6.45) is 6.06. The van der Waals surface area contributed by atoms with Gasteiger partial charge in [-0.15, -0.1) is 0 Å². The van der Waals surface area contributed by atoms with E-state index in [1.165, 1.54) is 18.2 Å². The Morgan fingerprint density at radius 2 is 2.13 bits per heavy atom. The van der Waals surface area contributed by atoms with Gasteiger partial charge in [-0.1, -0.05) is 24.6 Å². The fraction of sp³-hybridized carbons (Fsp3) is 0.318. The van der Waals surface area contributed by atoms with Crippen LogP contribution in [0.3, 0.4) is 0 Å². The van der Waals surface area contributed by atoms with Crippen molar-refractivity contribution >= 4 is 23.5 Å². The third-order valence-electron chi connectivity index (χ3n) is 4.97. The smallest absolute Gasteiger partial charge is 0.253 e. The van der Waals surface area contributed by atoms with E-state index < -0.39 is 11.9 Å². The average molecular weight is 446 g/mol. The molecule has 0 bridgehead atoms. The number of aliphatic hydroxyl groups is 1. The molecule has 0 saturated carbocycles. The molecule has 164 valence electrons. The summed E-state index contributed by atoms with van der Waals surface area (Å²) in [6.45, 7) is 5.66. The number of aliphatic hydroxyl groups excluding tert-OH is 1. The third-order valence-corrected chi connectivity index (χ3v) is 5.26. The number of aryl methyl sites for hydroxylation is 1. The highest BCUT2D eigenvalue weighted by Gasteiger charge is 2.18. The quantitative estimate of drug-likeness (QED) is 0.486. The summed E-state index contributed by atoms with van der Waals surface area (Å²) in [5.74, 6) is 0.225. The summed E-state index contributed by atoms with van der Waals surface area (Å²) in [4.78, 5) is 21.6. The fourth-order valence-electron chi connectivity index (χ4n) is 2.95. The van der Waals surface area contributed by atoms with Gasteiger partial charge in [0, 0.05) is 30.2 Å². The Labute approximate surface area is 185 Å². The van der Waals surface area contributed by atoms with E-state index in [0.717, 1.165) is 12.0 Å². The maximum Gasteiger partial charge on any atom is 0.253 e. The Hall–Kier alpha value is -2.97. The molecule has 1 amide bonds. The van der Waals surface area contributed by atoms with E-state index in [9.17, 15) is 14.3 Å². The van der Waals surface area contributed by atoms with E-state index in [4.69, 9.17) is 11.6 Å². The molecule has 0 spiro atoms. The van der Waals surface area contributed by atoms with Gasteiger partial charge in [0.1, 0.15) is 11.6 Å². The highest BCUT2D eigenvalue weighted by molar-refractivity contribution is 6.30. The van der Waals surface area contributed by atoms with Crippen LogP contribution < -0.4 is 10.6 Å². The lowest BCUT2D eigenvalue weighted by atomic mass is 10.1. The van der Waals surface area contributed by atoms with Gasteiger partial charge in [0.2, 0.25) is 5.95 Å². The van der Waals surface area contributed by atoms with E-state index in [2.05, 4.69) is 27.5 Å². The highest BCUT2D eigenvalue weighted by atomic mass is 35.5. The number of hydrogen-bond donors (Lipinski definition) is 3. The van der Waals surface area contributed by atoms with Crippen LogP contribution in [0.5, 0.6) is 0 Å². The zero-order valence-corrected chi connectivity index (χ0v) is 18.3. The molecule has 2 heterocycles. The van der Waals surface area contributed by atoms with Gasteiger partial charge in [-0.25, -0.2) is 9.37 Å². The first kappa shape index (κ1) is 22.7. The molecule has 31 heavy (non-hydrogen) atoms. The monoisotopic (exact) mass is 445 g/mol. The zero-order chi connectivity index (χ0) is 22.5. The maximum atomic E-state index is 13.4. The van der Waals surface area contributed by atoms with E-state index in [1.807, 2.05) is 13.8 Å². The van der Waals surface area contributed by atoms with E-state index in [-0.39, 0.29) is 23.6 Å². The molecule has 0 saturated heterocycles. The lowest BCUT2D eigenvalue weighted by Crippen LogP contribution is -2.30. The second kappa shape index (κ2) is 9.89. The third kappa shape index (κ3) is 5.39. The highest BCUT2D eigenvalue weighted by Crippen LogP contribution is 2.22. The molecule has 7 nitrogen and oxygen atoms in total. The molecule has 3 rings (SSSR count). The second-order valence-electron chi connectivity index (χ2n) is 7.34. The molecule has 0 aliphatic rings. The summed E-state index contributed by atoms with van der Waals surface area (Å²) in [5, 5.41) is 15.6. The Morgan fingerprint density at radius 3 is 2.81 bits per heavy atom. The summed E-state index contributed by atoms with van der Waals surface area (Å²) in [7, 11) is 0. The molecule has 1 aromatic carbocycles. The number of nitrogens with one attached hydrogen (secondary N) is 2. The van der Waals surface area contributed by atoms with Crippen LogP contribution in [0.1, 0.15) is 47.8 Å². The Bertz CT molecular complexity index is 1070. The lowest BCUT2D eigenvalue weighted by molar-refractivity contribution is 0.0916. The number of amides is 1. The van der Waals surface area contributed by atoms with Crippen LogP contribution in [0, 0.1) is 12.7 Å². The van der Waals surface area contributed by atoms with E-state index in [1.54, 1.807) is 29.2 Å². The van der Waals surface area contributed by atoms with Gasteiger partial charge in [-0.3, -0.25) is 4.79 Å². The van der Waals surface area contributed by atoms with Crippen molar-refractivity contribution in [1.82, 2.24) is 19.9 Å². The average Bonchev–Trinajstić information content (AvgIpc) is 3.25. The van der Waals surface area contributed by atoms with Crippen molar-refractivity contribution in [2.45, 2.75) is 39.3 Å². The van der Waals surface area contributed by atoms with Crippen LogP contribution in [0.2, 0.25) is 5.02 Å². The molecule has 0 aliphatic carbocycles. The van der Waals surface area contributed by atoms with Crippen LogP contribution in [0.15, 0.2) is 42.9 Å². The number of carbonyl (C=O) groups is 1. The number of hydrogen-bond acceptors (Lipinski definition) is 5. The Morgan fingerprint density at radius 1 is 1.35 bits per heavy atom.